The third kappa shape index (κ3) is 11.9. The minimum atomic E-state index is -0.0566. The van der Waals surface area contributed by atoms with Crippen LogP contribution in [0.25, 0.3) is 82.2 Å². The molecule has 0 saturated heterocycles. The van der Waals surface area contributed by atoms with Gasteiger partial charge in [0.05, 0.1) is 22.5 Å². The second-order valence-electron chi connectivity index (χ2n) is 24.9. The quantitative estimate of drug-likeness (QED) is 0.0678. The van der Waals surface area contributed by atoms with E-state index < -0.39 is 0 Å². The Morgan fingerprint density at radius 2 is 1.23 bits per heavy atom. The molecule has 9 heterocycles. The number of nitrogens with one attached hydrogen (secondary N) is 2. The van der Waals surface area contributed by atoms with Gasteiger partial charge >= 0.3 is 0 Å². The van der Waals surface area contributed by atoms with Crippen LogP contribution >= 0.6 is 11.3 Å². The Hall–Kier alpha value is -9.95. The average Bonchev–Trinajstić information content (AvgIpc) is 1.63. The molecule has 0 aliphatic heterocycles. The lowest BCUT2D eigenvalue weighted by Gasteiger charge is -2.28. The fourth-order valence-electron chi connectivity index (χ4n) is 13.8. The van der Waals surface area contributed by atoms with E-state index in [-0.39, 0.29) is 5.91 Å². The number of aromatic nitrogens is 11. The van der Waals surface area contributed by atoms with Gasteiger partial charge in [0.1, 0.15) is 90.7 Å². The number of rotatable bonds is 14. The van der Waals surface area contributed by atoms with Crippen molar-refractivity contribution in [1.82, 2.24) is 58.4 Å². The van der Waals surface area contributed by atoms with E-state index in [9.17, 15) is 9.59 Å². The summed E-state index contributed by atoms with van der Waals surface area (Å²) in [5.41, 5.74) is 29.5. The molecule has 9 aromatic heterocycles. The van der Waals surface area contributed by atoms with Crippen molar-refractivity contribution in [2.75, 3.05) is 30.4 Å². The van der Waals surface area contributed by atoms with Gasteiger partial charge in [-0.25, -0.2) is 34.9 Å². The van der Waals surface area contributed by atoms with Crippen LogP contribution in [-0.2, 0) is 4.79 Å². The summed E-state index contributed by atoms with van der Waals surface area (Å²) in [6.07, 6.45) is 25.0. The largest absolute Gasteiger partial charge is 0.494 e. The molecule has 0 radical (unpaired) electrons. The Morgan fingerprint density at radius 3 is 1.86 bits per heavy atom. The molecule has 4 aromatic carbocycles. The van der Waals surface area contributed by atoms with Crippen molar-refractivity contribution in [2.45, 2.75) is 122 Å². The summed E-state index contributed by atoms with van der Waals surface area (Å²) in [6, 6.07) is 34.0. The molecular weight excluding hydrogens is 1170 g/mol. The maximum atomic E-state index is 12.7. The Labute approximate surface area is 535 Å². The number of fused-ring (bicyclic) bond motifs is 6. The molecule has 468 valence electrons. The van der Waals surface area contributed by atoms with Crippen LogP contribution in [0.1, 0.15) is 148 Å². The number of H-pyrrole nitrogens is 1. The van der Waals surface area contributed by atoms with Crippen LogP contribution in [0.4, 0.5) is 17.5 Å². The molecule has 92 heavy (non-hydrogen) atoms. The number of carbonyl (C=O) groups is 2. The van der Waals surface area contributed by atoms with E-state index in [0.717, 1.165) is 169 Å². The van der Waals surface area contributed by atoms with Crippen molar-refractivity contribution < 1.29 is 18.7 Å². The molecule has 0 bridgehead atoms. The number of hydrogen-bond donors (Lipinski definition) is 5. The van der Waals surface area contributed by atoms with Crippen molar-refractivity contribution >= 4 is 89.1 Å². The Bertz CT molecular complexity index is 4770. The molecule has 8 N–H and O–H groups in total. The lowest BCUT2D eigenvalue weighted by atomic mass is 9.79. The molecular formula is C72H75N15O4S. The number of furan rings is 1. The molecule has 0 unspecified atom stereocenters. The molecule has 13 aromatic rings. The van der Waals surface area contributed by atoms with Gasteiger partial charge in [-0.1, -0.05) is 61.0 Å². The smallest absolute Gasteiger partial charge is 0.251 e. The standard InChI is InChI=1S/C30H32N6O2.C23H25N5OS.C19H18N4O/c1-2-38-23-8-5-7-22(16-23)30(37)33-18-19-10-12-20(13-11-19)29-35-26(27-28(31)32-14-15-36(27)29)25-17-21-6-3-4-9-24(21)34-25;1-14(29)6-7-15-8-10-16(11-9-15)22-27-19(20-21(24)25-12-13-28(20)22)23-26-17-4-2-3-5-18(17)30-23;1-11-4-2-7-13-10-14(24-17(11)13)15-16-18(20)21-8-9-23(16)19(22-15)12-5-3-6-12/h3-9,14-17,19-20,34H,2,10-13,18H2,1H3,(H2,31,32)(H,33,37);2-5,12-13,15-16H,6-11H2,1H3,(H2,24,25);2,4,7-10,12H,3,5-6H2,1H3,(H2,20,21). The van der Waals surface area contributed by atoms with Crippen molar-refractivity contribution in [3.8, 4) is 39.3 Å². The number of aryl methyl sites for hydroxylation is 1. The van der Waals surface area contributed by atoms with Crippen LogP contribution < -0.4 is 27.3 Å². The topological polar surface area (TPSA) is 266 Å². The molecule has 3 aliphatic carbocycles. The first-order valence-corrected chi connectivity index (χ1v) is 33.1. The zero-order valence-electron chi connectivity index (χ0n) is 52.0. The van der Waals surface area contributed by atoms with Crippen LogP contribution in [0.2, 0.25) is 0 Å². The van der Waals surface area contributed by atoms with Gasteiger partial charge in [-0.3, -0.25) is 18.0 Å². The van der Waals surface area contributed by atoms with E-state index >= 15 is 0 Å². The second-order valence-corrected chi connectivity index (χ2v) is 25.9. The number of nitrogens with two attached hydrogens (primary N) is 3. The van der Waals surface area contributed by atoms with Crippen LogP contribution in [0.5, 0.6) is 5.75 Å². The minimum absolute atomic E-state index is 0.0566. The number of para-hydroxylation sites is 3. The van der Waals surface area contributed by atoms with E-state index in [1.54, 1.807) is 42.9 Å². The number of Topliss-reactive ketones (excluding diaryl/α,β-unsaturated/α-hetero) is 1. The summed E-state index contributed by atoms with van der Waals surface area (Å²) < 4.78 is 19.1. The van der Waals surface area contributed by atoms with Crippen molar-refractivity contribution in [3.05, 3.63) is 169 Å². The predicted molar refractivity (Wildman–Crippen MR) is 364 cm³/mol. The van der Waals surface area contributed by atoms with Gasteiger partial charge in [0.2, 0.25) is 0 Å². The van der Waals surface area contributed by atoms with Gasteiger partial charge in [-0.15, -0.1) is 11.3 Å². The molecule has 19 nitrogen and oxygen atoms in total. The molecule has 0 atom stereocenters. The Morgan fingerprint density at radius 1 is 0.641 bits per heavy atom. The fraction of sp³-hybridized carbons (Fsp3) is 0.319. The number of nitrogens with zero attached hydrogens (tertiary/aromatic N) is 10. The Kier molecular flexibility index (Phi) is 16.7. The fourth-order valence-corrected chi connectivity index (χ4v) is 14.7. The van der Waals surface area contributed by atoms with Crippen molar-refractivity contribution in [2.24, 2.45) is 11.8 Å². The monoisotopic (exact) mass is 1250 g/mol. The maximum absolute atomic E-state index is 12.7. The summed E-state index contributed by atoms with van der Waals surface area (Å²) >= 11 is 1.64. The van der Waals surface area contributed by atoms with E-state index in [0.29, 0.717) is 78.0 Å². The van der Waals surface area contributed by atoms with Gasteiger partial charge < -0.3 is 41.5 Å². The molecule has 16 rings (SSSR count). The number of carbonyl (C=O) groups excluding carboxylic acids is 2. The number of anilines is 3. The first-order valence-electron chi connectivity index (χ1n) is 32.2. The first-order chi connectivity index (χ1) is 44.9. The number of nitrogen functional groups attached to an aromatic ring is 3. The number of ether oxygens (including phenoxy) is 1. The highest BCUT2D eigenvalue weighted by Crippen LogP contribution is 2.44. The van der Waals surface area contributed by atoms with E-state index in [4.69, 9.17) is 46.3 Å². The summed E-state index contributed by atoms with van der Waals surface area (Å²) in [7, 11) is 0. The normalized spacial score (nSPS) is 17.6. The summed E-state index contributed by atoms with van der Waals surface area (Å²) in [5, 5.41) is 6.23. The number of thiazole rings is 1. The summed E-state index contributed by atoms with van der Waals surface area (Å²) in [5.74, 6) is 8.59. The van der Waals surface area contributed by atoms with Crippen molar-refractivity contribution in [3.63, 3.8) is 0 Å². The third-order valence-corrected chi connectivity index (χ3v) is 19.9. The number of benzene rings is 4. The van der Waals surface area contributed by atoms with Gasteiger partial charge in [0.15, 0.2) is 5.76 Å². The molecule has 1 amide bonds. The predicted octanol–water partition coefficient (Wildman–Crippen LogP) is 15.1. The lowest BCUT2D eigenvalue weighted by Crippen LogP contribution is -2.31. The molecule has 3 saturated carbocycles. The van der Waals surface area contributed by atoms with Crippen LogP contribution in [0.3, 0.4) is 0 Å². The van der Waals surface area contributed by atoms with Crippen LogP contribution in [0.15, 0.2) is 145 Å². The van der Waals surface area contributed by atoms with Crippen LogP contribution in [-0.4, -0.2) is 77.9 Å². The zero-order valence-corrected chi connectivity index (χ0v) is 52.8. The maximum Gasteiger partial charge on any atom is 0.251 e. The van der Waals surface area contributed by atoms with Gasteiger partial charge in [0.25, 0.3) is 5.91 Å². The van der Waals surface area contributed by atoms with Gasteiger partial charge in [0, 0.05) is 89.8 Å². The number of imidazole rings is 3. The number of amides is 1. The number of aromatic amines is 1. The summed E-state index contributed by atoms with van der Waals surface area (Å²) in [6.45, 7) is 6.92. The molecule has 3 fully saturated rings. The van der Waals surface area contributed by atoms with E-state index in [2.05, 4.69) is 81.8 Å². The van der Waals surface area contributed by atoms with Gasteiger partial charge in [-0.05, 0) is 157 Å². The first kappa shape index (κ1) is 59.7. The number of hydrogen-bond acceptors (Lipinski definition) is 15. The van der Waals surface area contributed by atoms with Crippen molar-refractivity contribution in [1.29, 1.82) is 0 Å². The zero-order chi connectivity index (χ0) is 63.0. The average molecular weight is 1250 g/mol. The highest BCUT2D eigenvalue weighted by atomic mass is 32.1. The lowest BCUT2D eigenvalue weighted by molar-refractivity contribution is -0.117. The molecule has 20 heteroatoms. The number of ketones is 1. The summed E-state index contributed by atoms with van der Waals surface area (Å²) in [4.78, 5) is 60.4. The van der Waals surface area contributed by atoms with E-state index in [1.165, 1.54) is 19.3 Å². The molecule has 3 aliphatic rings. The molecule has 0 spiro atoms. The van der Waals surface area contributed by atoms with Crippen LogP contribution in [0, 0.1) is 18.8 Å². The highest BCUT2D eigenvalue weighted by molar-refractivity contribution is 7.21. The van der Waals surface area contributed by atoms with E-state index in [1.807, 2.05) is 86.2 Å². The Balaban J connectivity index is 0.000000123. The van der Waals surface area contributed by atoms with Gasteiger partial charge in [-0.2, -0.15) is 0 Å². The highest BCUT2D eigenvalue weighted by Gasteiger charge is 2.32. The minimum Gasteiger partial charge on any atom is -0.494 e. The third-order valence-electron chi connectivity index (χ3n) is 18.8. The SMILES string of the molecule is CC(=O)CCC1CCC(c2nc(-c3nc4ccccc4s3)c3c(N)nccn23)CC1.CCOc1cccc(C(=O)NCC2CCC(c3nc(-c4cc5ccccc5[nH]4)c4c(N)nccn34)CC2)c1.Cc1cccc2cc(-c3nc(C4CCC4)n4ccnc(N)c34)oc12. The second kappa shape index (κ2) is 25.7.